The normalized spacial score (nSPS) is 11.2. The van der Waals surface area contributed by atoms with E-state index in [9.17, 15) is 0 Å². The van der Waals surface area contributed by atoms with Gasteiger partial charge in [0, 0.05) is 12.6 Å². The summed E-state index contributed by atoms with van der Waals surface area (Å²) in [5.74, 6) is 2.64. The van der Waals surface area contributed by atoms with Gasteiger partial charge in [-0.3, -0.25) is 0 Å². The Morgan fingerprint density at radius 1 is 1.19 bits per heavy atom. The molecule has 26 heavy (non-hydrogen) atoms. The molecule has 0 spiro atoms. The first-order valence-corrected chi connectivity index (χ1v) is 9.94. The summed E-state index contributed by atoms with van der Waals surface area (Å²) in [5, 5.41) is 15.5. The van der Waals surface area contributed by atoms with Gasteiger partial charge < -0.3 is 9.09 Å². The van der Waals surface area contributed by atoms with Crippen molar-refractivity contribution in [3.63, 3.8) is 0 Å². The van der Waals surface area contributed by atoms with E-state index in [0.29, 0.717) is 17.5 Å². The molecule has 0 aliphatic carbocycles. The highest BCUT2D eigenvalue weighted by molar-refractivity contribution is 7.98. The van der Waals surface area contributed by atoms with Crippen molar-refractivity contribution in [3.8, 4) is 22.2 Å². The number of hydrogen-bond donors (Lipinski definition) is 0. The Bertz CT molecular complexity index is 1040. The number of hydrogen-bond acceptors (Lipinski definition) is 7. The molecule has 3 aromatic heterocycles. The Kier molecular flexibility index (Phi) is 4.60. The molecular formula is C18H17N5OS2. The monoisotopic (exact) mass is 383 g/mol. The molecule has 132 valence electrons. The van der Waals surface area contributed by atoms with Crippen LogP contribution in [0.4, 0.5) is 0 Å². The van der Waals surface area contributed by atoms with E-state index in [1.165, 1.54) is 5.56 Å². The first-order valence-electron chi connectivity index (χ1n) is 8.08. The summed E-state index contributed by atoms with van der Waals surface area (Å²) < 4.78 is 7.44. The van der Waals surface area contributed by atoms with Crippen LogP contribution in [0, 0.1) is 13.8 Å². The lowest BCUT2D eigenvalue weighted by atomic mass is 10.1. The summed E-state index contributed by atoms with van der Waals surface area (Å²) in [4.78, 5) is 5.63. The van der Waals surface area contributed by atoms with Crippen LogP contribution in [-0.2, 0) is 12.8 Å². The molecule has 4 rings (SSSR count). The zero-order valence-electron chi connectivity index (χ0n) is 14.6. The molecule has 4 aromatic rings. The van der Waals surface area contributed by atoms with Crippen LogP contribution in [0.1, 0.15) is 17.0 Å². The topological polar surface area (TPSA) is 69.6 Å². The minimum atomic E-state index is 0.555. The van der Waals surface area contributed by atoms with Gasteiger partial charge in [0.15, 0.2) is 16.8 Å². The maximum absolute atomic E-state index is 5.45. The van der Waals surface area contributed by atoms with Crippen molar-refractivity contribution in [1.29, 1.82) is 0 Å². The summed E-state index contributed by atoms with van der Waals surface area (Å²) in [6.45, 7) is 4.09. The van der Waals surface area contributed by atoms with Crippen LogP contribution in [0.15, 0.2) is 45.4 Å². The fraction of sp³-hybridized carbons (Fsp3) is 0.222. The Morgan fingerprint density at radius 3 is 2.88 bits per heavy atom. The Hall–Kier alpha value is -2.45. The van der Waals surface area contributed by atoms with Crippen LogP contribution >= 0.6 is 23.1 Å². The average molecular weight is 384 g/mol. The van der Waals surface area contributed by atoms with Gasteiger partial charge in [0.25, 0.3) is 5.89 Å². The molecule has 0 amide bonds. The number of thioether (sulfide) groups is 1. The van der Waals surface area contributed by atoms with E-state index in [1.54, 1.807) is 23.1 Å². The lowest BCUT2D eigenvalue weighted by molar-refractivity contribution is 0.425. The van der Waals surface area contributed by atoms with Gasteiger partial charge in [-0.25, -0.2) is 0 Å². The number of thiophene rings is 1. The second-order valence-corrected chi connectivity index (χ2v) is 7.86. The molecule has 0 bridgehead atoms. The van der Waals surface area contributed by atoms with Gasteiger partial charge in [-0.1, -0.05) is 40.7 Å². The highest BCUT2D eigenvalue weighted by Crippen LogP contribution is 2.28. The number of aromatic nitrogens is 5. The van der Waals surface area contributed by atoms with Crippen LogP contribution in [0.2, 0.25) is 0 Å². The highest BCUT2D eigenvalue weighted by atomic mass is 32.2. The van der Waals surface area contributed by atoms with Gasteiger partial charge in [0.05, 0.1) is 10.6 Å². The molecule has 0 aliphatic rings. The summed E-state index contributed by atoms with van der Waals surface area (Å²) in [6.07, 6.45) is 0. The lowest BCUT2D eigenvalue weighted by Gasteiger charge is -2.01. The fourth-order valence-electron chi connectivity index (χ4n) is 2.58. The maximum atomic E-state index is 5.45. The third-order valence-corrected chi connectivity index (χ3v) is 5.88. The second-order valence-electron chi connectivity index (χ2n) is 5.97. The molecule has 0 radical (unpaired) electrons. The summed E-state index contributed by atoms with van der Waals surface area (Å²) in [5.41, 5.74) is 3.26. The van der Waals surface area contributed by atoms with Crippen LogP contribution in [0.5, 0.6) is 0 Å². The molecule has 3 heterocycles. The first kappa shape index (κ1) is 17.0. The van der Waals surface area contributed by atoms with Gasteiger partial charge in [-0.15, -0.1) is 21.5 Å². The Morgan fingerprint density at radius 2 is 2.08 bits per heavy atom. The third kappa shape index (κ3) is 3.30. The average Bonchev–Trinajstić information content (AvgIpc) is 3.36. The maximum Gasteiger partial charge on any atom is 0.258 e. The molecule has 0 fully saturated rings. The van der Waals surface area contributed by atoms with Crippen molar-refractivity contribution in [2.75, 3.05) is 0 Å². The van der Waals surface area contributed by atoms with E-state index in [-0.39, 0.29) is 0 Å². The highest BCUT2D eigenvalue weighted by Gasteiger charge is 2.15. The van der Waals surface area contributed by atoms with Crippen LogP contribution in [0.3, 0.4) is 0 Å². The van der Waals surface area contributed by atoms with Gasteiger partial charge >= 0.3 is 0 Å². The molecule has 6 nitrogen and oxygen atoms in total. The zero-order valence-corrected chi connectivity index (χ0v) is 16.3. The summed E-state index contributed by atoms with van der Waals surface area (Å²) in [6, 6.07) is 10.3. The predicted octanol–water partition coefficient (Wildman–Crippen LogP) is 4.50. The SMILES string of the molecule is Cc1ccc(C)c(-c2nc(CSc3nnc(-c4cccs4)n3C)no2)c1. The van der Waals surface area contributed by atoms with Crippen LogP contribution < -0.4 is 0 Å². The molecular weight excluding hydrogens is 366 g/mol. The van der Waals surface area contributed by atoms with E-state index in [2.05, 4.69) is 45.5 Å². The molecule has 1 aromatic carbocycles. The molecule has 8 heteroatoms. The Labute approximate surface area is 159 Å². The number of benzene rings is 1. The molecule has 0 atom stereocenters. The van der Waals surface area contributed by atoms with Crippen LogP contribution in [-0.4, -0.2) is 24.9 Å². The van der Waals surface area contributed by atoms with Gasteiger partial charge in [0.2, 0.25) is 0 Å². The van der Waals surface area contributed by atoms with Gasteiger partial charge in [-0.05, 0) is 36.9 Å². The minimum Gasteiger partial charge on any atom is -0.334 e. The van der Waals surface area contributed by atoms with Gasteiger partial charge in [-0.2, -0.15) is 4.98 Å². The standard InChI is InChI=1S/C18H17N5OS2/c1-11-6-7-12(2)13(9-11)17-19-15(22-24-17)10-26-18-21-20-16(23(18)3)14-5-4-8-25-14/h4-9H,10H2,1-3H3. The molecule has 0 unspecified atom stereocenters. The van der Waals surface area contributed by atoms with E-state index in [1.807, 2.05) is 36.1 Å². The third-order valence-electron chi connectivity index (χ3n) is 4.00. The van der Waals surface area contributed by atoms with Crippen molar-refractivity contribution >= 4 is 23.1 Å². The van der Waals surface area contributed by atoms with E-state index >= 15 is 0 Å². The smallest absolute Gasteiger partial charge is 0.258 e. The minimum absolute atomic E-state index is 0.555. The summed E-state index contributed by atoms with van der Waals surface area (Å²) in [7, 11) is 1.97. The van der Waals surface area contributed by atoms with Crippen molar-refractivity contribution in [1.82, 2.24) is 24.9 Å². The van der Waals surface area contributed by atoms with Gasteiger partial charge in [0.1, 0.15) is 0 Å². The largest absolute Gasteiger partial charge is 0.334 e. The molecule has 0 saturated heterocycles. The van der Waals surface area contributed by atoms with Crippen LogP contribution in [0.25, 0.3) is 22.2 Å². The number of rotatable bonds is 5. The molecule has 0 saturated carbocycles. The first-order chi connectivity index (χ1) is 12.6. The quantitative estimate of drug-likeness (QED) is 0.473. The van der Waals surface area contributed by atoms with Crippen molar-refractivity contribution in [2.45, 2.75) is 24.8 Å². The van der Waals surface area contributed by atoms with Crippen molar-refractivity contribution in [3.05, 3.63) is 52.7 Å². The second kappa shape index (κ2) is 7.05. The fourth-order valence-corrected chi connectivity index (χ4v) is 4.08. The number of aryl methyl sites for hydroxylation is 2. The molecule has 0 N–H and O–H groups in total. The van der Waals surface area contributed by atoms with E-state index in [0.717, 1.165) is 27.0 Å². The van der Waals surface area contributed by atoms with E-state index < -0.39 is 0 Å². The Balaban J connectivity index is 1.50. The van der Waals surface area contributed by atoms with Crippen molar-refractivity contribution in [2.24, 2.45) is 7.05 Å². The van der Waals surface area contributed by atoms with Crippen molar-refractivity contribution < 1.29 is 4.52 Å². The predicted molar refractivity (Wildman–Crippen MR) is 103 cm³/mol. The molecule has 0 aliphatic heterocycles. The summed E-state index contributed by atoms with van der Waals surface area (Å²) >= 11 is 3.19. The van der Waals surface area contributed by atoms with E-state index in [4.69, 9.17) is 4.52 Å². The number of nitrogens with zero attached hydrogens (tertiary/aromatic N) is 5. The lowest BCUT2D eigenvalue weighted by Crippen LogP contribution is -1.94. The zero-order chi connectivity index (χ0) is 18.1.